The maximum absolute atomic E-state index is 13.0. The Morgan fingerprint density at radius 1 is 0.872 bits per heavy atom. The van der Waals surface area contributed by atoms with Crippen molar-refractivity contribution in [2.24, 2.45) is 0 Å². The molecule has 0 spiro atoms. The highest BCUT2D eigenvalue weighted by atomic mass is 32.2. The second kappa shape index (κ2) is 12.1. The number of benzene rings is 3. The first-order valence-electron chi connectivity index (χ1n) is 12.5. The molecule has 39 heavy (non-hydrogen) atoms. The first-order chi connectivity index (χ1) is 18.7. The third kappa shape index (κ3) is 6.24. The number of aryl methyl sites for hydroxylation is 4. The monoisotopic (exact) mass is 537 g/mol. The van der Waals surface area contributed by atoms with Crippen LogP contribution < -0.4 is 14.8 Å². The number of hydrogen-bond acceptors (Lipinski definition) is 6. The van der Waals surface area contributed by atoms with E-state index in [4.69, 9.17) is 14.5 Å². The third-order valence-corrected chi connectivity index (χ3v) is 7.40. The molecule has 3 aromatic carbocycles. The van der Waals surface area contributed by atoms with E-state index in [0.29, 0.717) is 33.3 Å². The fourth-order valence-electron chi connectivity index (χ4n) is 4.52. The predicted molar refractivity (Wildman–Crippen MR) is 158 cm³/mol. The van der Waals surface area contributed by atoms with E-state index in [0.717, 1.165) is 39.1 Å². The number of anilines is 1. The number of ether oxygens (including phenoxy) is 2. The largest absolute Gasteiger partial charge is 0.493 e. The Labute approximate surface area is 234 Å². The molecule has 0 aliphatic heterocycles. The predicted octanol–water partition coefficient (Wildman–Crippen LogP) is 7.27. The molecule has 0 saturated carbocycles. The van der Waals surface area contributed by atoms with E-state index >= 15 is 0 Å². The molecule has 6 nitrogen and oxygen atoms in total. The summed E-state index contributed by atoms with van der Waals surface area (Å²) in [6, 6.07) is 21.9. The first kappa shape index (κ1) is 27.7. The van der Waals surface area contributed by atoms with Crippen LogP contribution in [-0.2, 0) is 4.79 Å². The Balaban J connectivity index is 1.74. The van der Waals surface area contributed by atoms with Crippen molar-refractivity contribution < 1.29 is 14.3 Å². The Morgan fingerprint density at radius 2 is 1.51 bits per heavy atom. The van der Waals surface area contributed by atoms with E-state index < -0.39 is 0 Å². The van der Waals surface area contributed by atoms with Gasteiger partial charge in [0.15, 0.2) is 11.5 Å². The van der Waals surface area contributed by atoms with Gasteiger partial charge in [0.05, 0.1) is 31.2 Å². The van der Waals surface area contributed by atoms with Gasteiger partial charge >= 0.3 is 0 Å². The molecule has 1 heterocycles. The molecule has 4 aromatic rings. The average molecular weight is 538 g/mol. The number of nitrogens with one attached hydrogen (secondary N) is 1. The summed E-state index contributed by atoms with van der Waals surface area (Å²) < 4.78 is 10.9. The molecule has 7 heteroatoms. The van der Waals surface area contributed by atoms with Gasteiger partial charge in [-0.3, -0.25) is 4.79 Å². The normalized spacial score (nSPS) is 10.6. The maximum Gasteiger partial charge on any atom is 0.234 e. The number of nitriles is 1. The number of amides is 1. The zero-order valence-corrected chi connectivity index (χ0v) is 23.8. The van der Waals surface area contributed by atoms with E-state index in [9.17, 15) is 10.1 Å². The number of carbonyl (C=O) groups excluding carboxylic acids is 1. The van der Waals surface area contributed by atoms with Gasteiger partial charge in [0.1, 0.15) is 11.1 Å². The zero-order chi connectivity index (χ0) is 28.1. The van der Waals surface area contributed by atoms with Gasteiger partial charge in [-0.2, -0.15) is 5.26 Å². The molecule has 0 fully saturated rings. The number of thioether (sulfide) groups is 1. The number of nitrogens with zero attached hydrogens (tertiary/aromatic N) is 2. The fraction of sp³-hybridized carbons (Fsp3) is 0.219. The van der Waals surface area contributed by atoms with Gasteiger partial charge in [-0.05, 0) is 62.6 Å². The highest BCUT2D eigenvalue weighted by Gasteiger charge is 2.19. The molecule has 1 N–H and O–H groups in total. The van der Waals surface area contributed by atoms with Crippen LogP contribution in [0.4, 0.5) is 5.69 Å². The van der Waals surface area contributed by atoms with Gasteiger partial charge < -0.3 is 14.8 Å². The minimum Gasteiger partial charge on any atom is -0.493 e. The average Bonchev–Trinajstić information content (AvgIpc) is 2.93. The fourth-order valence-corrected chi connectivity index (χ4v) is 5.33. The molecule has 4 rings (SSSR count). The summed E-state index contributed by atoms with van der Waals surface area (Å²) in [6.45, 7) is 8.03. The molecule has 0 aliphatic carbocycles. The quantitative estimate of drug-likeness (QED) is 0.238. The van der Waals surface area contributed by atoms with E-state index in [1.165, 1.54) is 11.8 Å². The van der Waals surface area contributed by atoms with Crippen molar-refractivity contribution in [3.05, 3.63) is 88.5 Å². The highest BCUT2D eigenvalue weighted by Crippen LogP contribution is 2.38. The molecule has 0 bridgehead atoms. The number of aromatic nitrogens is 1. The molecular weight excluding hydrogens is 506 g/mol. The van der Waals surface area contributed by atoms with Gasteiger partial charge in [-0.25, -0.2) is 4.98 Å². The first-order valence-corrected chi connectivity index (χ1v) is 13.5. The maximum atomic E-state index is 13.0. The lowest BCUT2D eigenvalue weighted by atomic mass is 9.98. The molecule has 1 aromatic heterocycles. The van der Waals surface area contributed by atoms with Gasteiger partial charge in [0.25, 0.3) is 0 Å². The molecule has 0 aliphatic rings. The van der Waals surface area contributed by atoms with Gasteiger partial charge in [-0.1, -0.05) is 65.4 Å². The van der Waals surface area contributed by atoms with Gasteiger partial charge in [0, 0.05) is 16.8 Å². The van der Waals surface area contributed by atoms with Crippen LogP contribution >= 0.6 is 11.8 Å². The second-order valence-electron chi connectivity index (χ2n) is 9.39. The van der Waals surface area contributed by atoms with Crippen LogP contribution in [0.3, 0.4) is 0 Å². The SMILES string of the molecule is COc1ccc(-c2cc(-c3ccc(C)cc3)nc(SCC(=O)Nc3c(C)cc(C)cc3C)c2C#N)cc1OC. The zero-order valence-electron chi connectivity index (χ0n) is 23.0. The standard InChI is InChI=1S/C32H31N3O3S/c1-19-7-9-23(10-8-19)27-16-25(24-11-12-28(37-5)29(15-24)38-6)26(17-33)32(34-27)39-18-30(36)35-31-21(3)13-20(2)14-22(31)4/h7-16H,18H2,1-6H3,(H,35,36). The lowest BCUT2D eigenvalue weighted by Crippen LogP contribution is -2.16. The summed E-state index contributed by atoms with van der Waals surface area (Å²) in [5, 5.41) is 13.8. The molecular formula is C32H31N3O3S. The number of hydrogen-bond donors (Lipinski definition) is 1. The van der Waals surface area contributed by atoms with E-state index in [1.807, 2.05) is 88.4 Å². The summed E-state index contributed by atoms with van der Waals surface area (Å²) in [5.41, 5.74) is 8.66. The lowest BCUT2D eigenvalue weighted by molar-refractivity contribution is -0.113. The van der Waals surface area contributed by atoms with Crippen LogP contribution in [0.25, 0.3) is 22.4 Å². The highest BCUT2D eigenvalue weighted by molar-refractivity contribution is 8.00. The van der Waals surface area contributed by atoms with Crippen molar-refractivity contribution in [2.45, 2.75) is 32.7 Å². The summed E-state index contributed by atoms with van der Waals surface area (Å²) in [5.74, 6) is 1.11. The van der Waals surface area contributed by atoms with Crippen LogP contribution in [-0.4, -0.2) is 30.9 Å². The Kier molecular flexibility index (Phi) is 8.58. The van der Waals surface area contributed by atoms with Crippen LogP contribution in [0.15, 0.2) is 65.7 Å². The van der Waals surface area contributed by atoms with Crippen molar-refractivity contribution in [3.63, 3.8) is 0 Å². The van der Waals surface area contributed by atoms with E-state index in [1.54, 1.807) is 14.2 Å². The Hall–Kier alpha value is -4.28. The Morgan fingerprint density at radius 3 is 2.13 bits per heavy atom. The minimum atomic E-state index is -0.158. The minimum absolute atomic E-state index is 0.108. The summed E-state index contributed by atoms with van der Waals surface area (Å²) >= 11 is 1.25. The molecule has 0 saturated heterocycles. The van der Waals surface area contributed by atoms with Gasteiger partial charge in [0.2, 0.25) is 5.91 Å². The summed E-state index contributed by atoms with van der Waals surface area (Å²) in [7, 11) is 3.16. The third-order valence-electron chi connectivity index (χ3n) is 6.42. The number of rotatable bonds is 8. The van der Waals surface area contributed by atoms with Crippen LogP contribution in [0.2, 0.25) is 0 Å². The molecule has 0 atom stereocenters. The van der Waals surface area contributed by atoms with E-state index in [2.05, 4.69) is 11.4 Å². The Bertz CT molecular complexity index is 1550. The molecule has 198 valence electrons. The van der Waals surface area contributed by atoms with Crippen molar-refractivity contribution >= 4 is 23.4 Å². The topological polar surface area (TPSA) is 84.2 Å². The molecule has 1 amide bonds. The number of pyridine rings is 1. The summed E-state index contributed by atoms with van der Waals surface area (Å²) in [4.78, 5) is 17.8. The van der Waals surface area contributed by atoms with Crippen LogP contribution in [0, 0.1) is 39.0 Å². The van der Waals surface area contributed by atoms with Crippen molar-refractivity contribution in [2.75, 3.05) is 25.3 Å². The second-order valence-corrected chi connectivity index (χ2v) is 10.4. The lowest BCUT2D eigenvalue weighted by Gasteiger charge is -2.15. The summed E-state index contributed by atoms with van der Waals surface area (Å²) in [6.07, 6.45) is 0. The van der Waals surface area contributed by atoms with Crippen LogP contribution in [0.1, 0.15) is 27.8 Å². The smallest absolute Gasteiger partial charge is 0.234 e. The van der Waals surface area contributed by atoms with Crippen molar-refractivity contribution in [1.29, 1.82) is 5.26 Å². The van der Waals surface area contributed by atoms with Gasteiger partial charge in [-0.15, -0.1) is 0 Å². The number of carbonyl (C=O) groups is 1. The van der Waals surface area contributed by atoms with Crippen LogP contribution in [0.5, 0.6) is 11.5 Å². The molecule has 0 unspecified atom stereocenters. The van der Waals surface area contributed by atoms with Crippen molar-refractivity contribution in [1.82, 2.24) is 4.98 Å². The van der Waals surface area contributed by atoms with Crippen molar-refractivity contribution in [3.8, 4) is 40.0 Å². The number of methoxy groups -OCH3 is 2. The van der Waals surface area contributed by atoms with E-state index in [-0.39, 0.29) is 11.7 Å². The molecule has 0 radical (unpaired) electrons.